The minimum atomic E-state index is -0.870. The van der Waals surface area contributed by atoms with Gasteiger partial charge < -0.3 is 102 Å². The van der Waals surface area contributed by atoms with Crippen molar-refractivity contribution in [3.63, 3.8) is 0 Å². The van der Waals surface area contributed by atoms with Gasteiger partial charge in [0.15, 0.2) is 30.4 Å². The highest BCUT2D eigenvalue weighted by Gasteiger charge is 2.48. The van der Waals surface area contributed by atoms with Gasteiger partial charge in [0.2, 0.25) is 23.5 Å². The van der Waals surface area contributed by atoms with Crippen molar-refractivity contribution in [2.45, 2.75) is 209 Å². The van der Waals surface area contributed by atoms with Crippen LogP contribution < -0.4 is 35.5 Å². The Morgan fingerprint density at radius 2 is 0.745 bits per heavy atom. The normalized spacial score (nSPS) is 26.0. The summed E-state index contributed by atoms with van der Waals surface area (Å²) in [6.45, 7) is 26.9. The van der Waals surface area contributed by atoms with E-state index in [1.165, 1.54) is 34.6 Å². The van der Waals surface area contributed by atoms with Crippen molar-refractivity contribution in [3.05, 3.63) is 17.7 Å². The molecular weight excluding hydrogens is 1230 g/mol. The Balaban J connectivity index is 1.36. The number of unbranched alkanes of at least 4 members (excludes halogenated alkanes) is 4. The third-order valence-corrected chi connectivity index (χ3v) is 16.6. The molecule has 0 unspecified atom stereocenters. The van der Waals surface area contributed by atoms with Crippen molar-refractivity contribution in [1.29, 1.82) is 0 Å². The van der Waals surface area contributed by atoms with Gasteiger partial charge in [-0.25, -0.2) is 0 Å². The maximum absolute atomic E-state index is 13.8. The molecule has 3 heterocycles. The van der Waals surface area contributed by atoms with Crippen molar-refractivity contribution in [2.24, 2.45) is 23.7 Å². The zero-order chi connectivity index (χ0) is 68.8. The van der Waals surface area contributed by atoms with Crippen LogP contribution in [-0.2, 0) is 90.3 Å². The standard InChI is InChI=1S/C67H114N4O23/c1-14-18-19-20-21-22-68-64(77)52-41-56(84-35-29-78-23-26-81-32-38-87-65-58(69-47(9)72)44(6)43(5)53(15-2)92-65)63(86-37-31-80-25-28-83-34-40-89-67-60(71-49(11)74)62(91-51(13)76)46(8)55(17-4)94-67)57(42-52)85-36-30-79-24-27-82-33-39-88-66-59(70-48(10)73)61(90-50(12)75)45(7)54(16-3)93-66/h41-46,53-55,58-62,65-67H,14-40H2,1-13H3,(H,68,77)(H,69,72)(H,70,73)(H,71,74)/t43-,44+,45+,46+,53-,54-,55-,58-,59-,60-,61+,62+,65-,66-,67-/m1/s1. The van der Waals surface area contributed by atoms with Crippen molar-refractivity contribution in [3.8, 4) is 17.2 Å². The van der Waals surface area contributed by atoms with Gasteiger partial charge in [0.1, 0.15) is 44.1 Å². The van der Waals surface area contributed by atoms with Gasteiger partial charge >= 0.3 is 11.9 Å². The second kappa shape index (κ2) is 46.2. The maximum atomic E-state index is 13.8. The van der Waals surface area contributed by atoms with E-state index in [2.05, 4.69) is 49.0 Å². The van der Waals surface area contributed by atoms with Crippen LogP contribution in [0.15, 0.2) is 12.1 Å². The summed E-state index contributed by atoms with van der Waals surface area (Å²) in [7, 11) is 0. The van der Waals surface area contributed by atoms with Crippen LogP contribution in [0.3, 0.4) is 0 Å². The summed E-state index contributed by atoms with van der Waals surface area (Å²) in [5, 5.41) is 11.7. The molecule has 3 aliphatic heterocycles. The van der Waals surface area contributed by atoms with Gasteiger partial charge in [-0.05, 0) is 49.7 Å². The number of benzene rings is 1. The largest absolute Gasteiger partial charge is 0.487 e. The Bertz CT molecular complexity index is 2340. The summed E-state index contributed by atoms with van der Waals surface area (Å²) in [5.74, 6) is -1.27. The van der Waals surface area contributed by atoms with Crippen molar-refractivity contribution < 1.29 is 109 Å². The number of esters is 2. The molecule has 3 aliphatic rings. The van der Waals surface area contributed by atoms with E-state index in [9.17, 15) is 28.8 Å². The highest BCUT2D eigenvalue weighted by Crippen LogP contribution is 2.40. The molecule has 1 aromatic carbocycles. The molecule has 4 N–H and O–H groups in total. The fourth-order valence-corrected chi connectivity index (χ4v) is 11.6. The Morgan fingerprint density at radius 3 is 1.12 bits per heavy atom. The quantitative estimate of drug-likeness (QED) is 0.0429. The summed E-state index contributed by atoms with van der Waals surface area (Å²) in [4.78, 5) is 74.2. The van der Waals surface area contributed by atoms with Crippen LogP contribution in [0, 0.1) is 23.7 Å². The molecule has 4 rings (SSSR count). The monoisotopic (exact) mass is 1340 g/mol. The highest BCUT2D eigenvalue weighted by molar-refractivity contribution is 5.95. The minimum Gasteiger partial charge on any atom is -0.487 e. The first-order valence-electron chi connectivity index (χ1n) is 34.0. The summed E-state index contributed by atoms with van der Waals surface area (Å²) in [6, 6.07) is 1.50. The lowest BCUT2D eigenvalue weighted by molar-refractivity contribution is -0.256. The van der Waals surface area contributed by atoms with Gasteiger partial charge in [-0.1, -0.05) is 81.1 Å². The molecule has 4 amide bonds. The summed E-state index contributed by atoms with van der Waals surface area (Å²) in [6.07, 6.45) is 3.12. The number of hydrogen-bond donors (Lipinski definition) is 4. The van der Waals surface area contributed by atoms with Gasteiger partial charge in [-0.15, -0.1) is 0 Å². The maximum Gasteiger partial charge on any atom is 0.302 e. The fourth-order valence-electron chi connectivity index (χ4n) is 11.6. The summed E-state index contributed by atoms with van der Waals surface area (Å²) >= 11 is 0. The third-order valence-electron chi connectivity index (χ3n) is 16.6. The lowest BCUT2D eigenvalue weighted by atomic mass is 9.81. The molecule has 0 bridgehead atoms. The number of rotatable bonds is 48. The Kier molecular flexibility index (Phi) is 40.0. The molecule has 0 radical (unpaired) electrons. The summed E-state index contributed by atoms with van der Waals surface area (Å²) < 4.78 is 102. The molecule has 1 aromatic rings. The predicted octanol–water partition coefficient (Wildman–Crippen LogP) is 6.00. The lowest BCUT2D eigenvalue weighted by Crippen LogP contribution is -2.62. The molecule has 0 aromatic heterocycles. The second-order valence-electron chi connectivity index (χ2n) is 23.9. The molecule has 0 saturated carbocycles. The van der Waals surface area contributed by atoms with Crippen LogP contribution in [-0.4, -0.2) is 229 Å². The second-order valence-corrected chi connectivity index (χ2v) is 23.9. The molecule has 94 heavy (non-hydrogen) atoms. The summed E-state index contributed by atoms with van der Waals surface area (Å²) in [5.41, 5.74) is 0.292. The molecule has 3 saturated heterocycles. The molecule has 0 aliphatic carbocycles. The van der Waals surface area contributed by atoms with E-state index in [-0.39, 0.29) is 208 Å². The zero-order valence-corrected chi connectivity index (χ0v) is 58.3. The average molecular weight is 1340 g/mol. The Labute approximate surface area is 557 Å². The van der Waals surface area contributed by atoms with E-state index in [0.29, 0.717) is 24.9 Å². The van der Waals surface area contributed by atoms with Gasteiger partial charge in [0.05, 0.1) is 123 Å². The SMILES string of the molecule is CCCCCCCNC(=O)c1cc(OCCOCCOCCO[C@@H]2O[C@H](CC)[C@H](C)[C@H](C)[C@H]2NC(C)=O)c(OCCOCCOCCO[C@@H]2O[C@H](CC)[C@H](C)[C@H](OC(C)=O)[C@H]2NC(C)=O)c(OCCOCCOCCO[C@@H]2O[C@H](CC)[C@H](C)[C@H](OC(C)=O)[C@H]2NC(C)=O)c1. The Morgan fingerprint density at radius 1 is 0.404 bits per heavy atom. The predicted molar refractivity (Wildman–Crippen MR) is 344 cm³/mol. The highest BCUT2D eigenvalue weighted by atomic mass is 16.7. The number of carbonyl (C=O) groups is 6. The average Bonchev–Trinajstić information content (AvgIpc) is 0.831. The molecule has 540 valence electrons. The van der Waals surface area contributed by atoms with Gasteiger partial charge in [0.25, 0.3) is 5.91 Å². The molecule has 27 heteroatoms. The smallest absolute Gasteiger partial charge is 0.302 e. The third kappa shape index (κ3) is 29.4. The van der Waals surface area contributed by atoms with Crippen LogP contribution in [0.5, 0.6) is 17.2 Å². The first-order valence-corrected chi connectivity index (χ1v) is 34.0. The van der Waals surface area contributed by atoms with Crippen LogP contribution in [0.1, 0.15) is 152 Å². The first-order chi connectivity index (χ1) is 45.2. The number of nitrogens with one attached hydrogen (secondary N) is 4. The van der Waals surface area contributed by atoms with Crippen LogP contribution in [0.2, 0.25) is 0 Å². The Hall–Kier alpha value is -5.04. The number of hydrogen-bond acceptors (Lipinski definition) is 23. The topological polar surface area (TPSA) is 307 Å². The number of amides is 4. The number of ether oxygens (including phenoxy) is 17. The van der Waals surface area contributed by atoms with Gasteiger partial charge in [-0.2, -0.15) is 0 Å². The van der Waals surface area contributed by atoms with E-state index in [1.54, 1.807) is 12.1 Å². The van der Waals surface area contributed by atoms with Gasteiger partial charge in [0, 0.05) is 58.6 Å². The van der Waals surface area contributed by atoms with E-state index in [1.807, 2.05) is 27.7 Å². The number of carbonyl (C=O) groups excluding carboxylic acids is 6. The van der Waals surface area contributed by atoms with Crippen molar-refractivity contribution in [1.82, 2.24) is 21.3 Å². The van der Waals surface area contributed by atoms with E-state index in [4.69, 9.17) is 80.5 Å². The van der Waals surface area contributed by atoms with Crippen molar-refractivity contribution in [2.75, 3.05) is 125 Å². The van der Waals surface area contributed by atoms with Crippen LogP contribution >= 0.6 is 0 Å². The van der Waals surface area contributed by atoms with Crippen LogP contribution in [0.25, 0.3) is 0 Å². The fraction of sp³-hybridized carbons (Fsp3) is 0.821. The van der Waals surface area contributed by atoms with E-state index in [0.717, 1.165) is 38.5 Å². The van der Waals surface area contributed by atoms with Crippen LogP contribution in [0.4, 0.5) is 0 Å². The van der Waals surface area contributed by atoms with E-state index >= 15 is 0 Å². The zero-order valence-electron chi connectivity index (χ0n) is 58.3. The molecule has 15 atom stereocenters. The first kappa shape index (κ1) is 81.4. The lowest BCUT2D eigenvalue weighted by Gasteiger charge is -2.44. The minimum absolute atomic E-state index is 0.0137. The molecular formula is C67H114N4O23. The molecule has 0 spiro atoms. The molecule has 3 fully saturated rings. The molecule has 27 nitrogen and oxygen atoms in total. The van der Waals surface area contributed by atoms with Gasteiger partial charge in [-0.3, -0.25) is 28.8 Å². The van der Waals surface area contributed by atoms with E-state index < -0.39 is 55.1 Å². The van der Waals surface area contributed by atoms with Crippen molar-refractivity contribution >= 4 is 35.6 Å².